The Balaban J connectivity index is 1.77. The standard InChI is InChI=1S/C17H16FN3O4/c1-10(22)19-8-13-9-21(17(24)25-13)12-3-4-14(15(18)6-12)11-2-5-16(23)20-7-11/h2-7,13H,8-9H2,1H3,(H,19,22)(H,20,23)/t13-/m0/s1. The molecule has 2 N–H and O–H groups in total. The van der Waals surface area contributed by atoms with Gasteiger partial charge in [0.25, 0.3) is 0 Å². The molecule has 2 heterocycles. The Morgan fingerprint density at radius 3 is 2.88 bits per heavy atom. The lowest BCUT2D eigenvalue weighted by molar-refractivity contribution is -0.119. The van der Waals surface area contributed by atoms with E-state index in [0.29, 0.717) is 16.8 Å². The highest BCUT2D eigenvalue weighted by Gasteiger charge is 2.32. The first-order chi connectivity index (χ1) is 11.9. The summed E-state index contributed by atoms with van der Waals surface area (Å²) in [7, 11) is 0. The van der Waals surface area contributed by atoms with E-state index >= 15 is 0 Å². The molecule has 0 spiro atoms. The van der Waals surface area contributed by atoms with Crippen molar-refractivity contribution in [3.8, 4) is 17.0 Å². The van der Waals surface area contributed by atoms with Gasteiger partial charge in [0.2, 0.25) is 11.8 Å². The number of carbonyl (C=O) groups is 2. The highest BCUT2D eigenvalue weighted by molar-refractivity contribution is 5.90. The predicted octanol–water partition coefficient (Wildman–Crippen LogP) is 2.05. The quantitative estimate of drug-likeness (QED) is 0.885. The van der Waals surface area contributed by atoms with Crippen molar-refractivity contribution >= 4 is 17.7 Å². The number of carbonyl (C=O) groups excluding carboxylic acids is 2. The fraction of sp³-hybridized carbons (Fsp3) is 0.235. The largest absolute Gasteiger partial charge is 0.493 e. The van der Waals surface area contributed by atoms with Gasteiger partial charge >= 0.3 is 6.09 Å². The fourth-order valence-electron chi connectivity index (χ4n) is 2.55. The molecule has 1 aliphatic rings. The third kappa shape index (κ3) is 3.68. The molecular weight excluding hydrogens is 329 g/mol. The summed E-state index contributed by atoms with van der Waals surface area (Å²) >= 11 is 0. The summed E-state index contributed by atoms with van der Waals surface area (Å²) in [5, 5.41) is 11.8. The van der Waals surface area contributed by atoms with Gasteiger partial charge in [0, 0.05) is 30.3 Å². The Morgan fingerprint density at radius 1 is 1.44 bits per heavy atom. The van der Waals surface area contributed by atoms with E-state index in [4.69, 9.17) is 4.74 Å². The first-order valence-electron chi connectivity index (χ1n) is 7.61. The maximum Gasteiger partial charge on any atom is 0.414 e. The predicted molar refractivity (Wildman–Crippen MR) is 87.6 cm³/mol. The Hall–Kier alpha value is -3.16. The van der Waals surface area contributed by atoms with Crippen molar-refractivity contribution in [3.05, 3.63) is 42.3 Å². The Bertz CT molecular complexity index is 810. The molecule has 0 saturated carbocycles. The number of nitrogens with one attached hydrogen (secondary N) is 1. The second-order valence-electron chi connectivity index (χ2n) is 5.62. The zero-order valence-corrected chi connectivity index (χ0v) is 13.4. The van der Waals surface area contributed by atoms with Crippen LogP contribution in [-0.4, -0.2) is 41.3 Å². The molecule has 1 saturated heterocycles. The Labute approximate surface area is 143 Å². The lowest BCUT2D eigenvalue weighted by Gasteiger charge is -2.14. The maximum absolute atomic E-state index is 14.4. The number of nitrogens with zero attached hydrogens (tertiary/aromatic N) is 2. The minimum atomic E-state index is -0.589. The molecule has 130 valence electrons. The first kappa shape index (κ1) is 16.7. The molecule has 7 nitrogen and oxygen atoms in total. The van der Waals surface area contributed by atoms with E-state index in [1.165, 1.54) is 36.2 Å². The smallest absolute Gasteiger partial charge is 0.414 e. The van der Waals surface area contributed by atoms with Crippen LogP contribution in [0, 0.1) is 5.82 Å². The van der Waals surface area contributed by atoms with Gasteiger partial charge < -0.3 is 15.2 Å². The zero-order chi connectivity index (χ0) is 18.0. The van der Waals surface area contributed by atoms with Gasteiger partial charge in [-0.3, -0.25) is 9.69 Å². The molecule has 2 aromatic rings. The number of rotatable bonds is 4. The molecule has 3 rings (SSSR count). The average Bonchev–Trinajstić information content (AvgIpc) is 2.95. The molecule has 0 unspecified atom stereocenters. The number of halogens is 1. The average molecular weight is 345 g/mol. The number of hydrogen-bond donors (Lipinski definition) is 2. The van der Waals surface area contributed by atoms with Gasteiger partial charge in [0.15, 0.2) is 0 Å². The van der Waals surface area contributed by atoms with Crippen molar-refractivity contribution in [3.63, 3.8) is 0 Å². The number of aromatic hydroxyl groups is 1. The second-order valence-corrected chi connectivity index (χ2v) is 5.62. The van der Waals surface area contributed by atoms with Crippen LogP contribution in [0.5, 0.6) is 5.88 Å². The van der Waals surface area contributed by atoms with Gasteiger partial charge in [-0.15, -0.1) is 0 Å². The molecule has 0 radical (unpaired) electrons. The highest BCUT2D eigenvalue weighted by atomic mass is 19.1. The molecule has 1 atom stereocenters. The van der Waals surface area contributed by atoms with Crippen molar-refractivity contribution in [1.29, 1.82) is 0 Å². The maximum atomic E-state index is 14.4. The molecule has 0 bridgehead atoms. The van der Waals surface area contributed by atoms with Crippen LogP contribution in [0.15, 0.2) is 36.5 Å². The molecule has 25 heavy (non-hydrogen) atoms. The molecule has 1 aliphatic heterocycles. The summed E-state index contributed by atoms with van der Waals surface area (Å²) in [6.45, 7) is 1.80. The monoisotopic (exact) mass is 345 g/mol. The van der Waals surface area contributed by atoms with E-state index in [9.17, 15) is 19.1 Å². The van der Waals surface area contributed by atoms with E-state index < -0.39 is 18.0 Å². The van der Waals surface area contributed by atoms with Gasteiger partial charge in [0.05, 0.1) is 18.8 Å². The van der Waals surface area contributed by atoms with Gasteiger partial charge in [-0.05, 0) is 24.3 Å². The zero-order valence-electron chi connectivity index (χ0n) is 13.4. The van der Waals surface area contributed by atoms with Crippen molar-refractivity contribution in [2.45, 2.75) is 13.0 Å². The Morgan fingerprint density at radius 2 is 2.24 bits per heavy atom. The van der Waals surface area contributed by atoms with E-state index in [-0.39, 0.29) is 24.9 Å². The summed E-state index contributed by atoms with van der Waals surface area (Å²) < 4.78 is 19.6. The molecule has 0 aliphatic carbocycles. The third-order valence-electron chi connectivity index (χ3n) is 3.78. The van der Waals surface area contributed by atoms with Crippen LogP contribution in [-0.2, 0) is 9.53 Å². The highest BCUT2D eigenvalue weighted by Crippen LogP contribution is 2.29. The number of anilines is 1. The van der Waals surface area contributed by atoms with Gasteiger partial charge in [-0.1, -0.05) is 0 Å². The molecular formula is C17H16FN3O4. The number of amides is 2. The number of ether oxygens (including phenoxy) is 1. The van der Waals surface area contributed by atoms with E-state index in [1.807, 2.05) is 0 Å². The minimum Gasteiger partial charge on any atom is -0.493 e. The number of aromatic nitrogens is 1. The lowest BCUT2D eigenvalue weighted by Crippen LogP contribution is -2.33. The van der Waals surface area contributed by atoms with E-state index in [2.05, 4.69) is 10.3 Å². The van der Waals surface area contributed by atoms with Gasteiger partial charge in [-0.25, -0.2) is 14.2 Å². The van der Waals surface area contributed by atoms with Crippen LogP contribution < -0.4 is 10.2 Å². The number of cyclic esters (lactones) is 1. The van der Waals surface area contributed by atoms with Crippen molar-refractivity contribution < 1.29 is 23.8 Å². The summed E-state index contributed by atoms with van der Waals surface area (Å²) in [6.07, 6.45) is 0.287. The summed E-state index contributed by atoms with van der Waals surface area (Å²) in [4.78, 5) is 27.9. The second kappa shape index (κ2) is 6.76. The van der Waals surface area contributed by atoms with Crippen molar-refractivity contribution in [1.82, 2.24) is 10.3 Å². The summed E-state index contributed by atoms with van der Waals surface area (Å²) in [6, 6.07) is 7.30. The topological polar surface area (TPSA) is 91.8 Å². The third-order valence-corrected chi connectivity index (χ3v) is 3.78. The van der Waals surface area contributed by atoms with Gasteiger partial charge in [0.1, 0.15) is 11.9 Å². The first-order valence-corrected chi connectivity index (χ1v) is 7.61. The minimum absolute atomic E-state index is 0.147. The molecule has 2 amide bonds. The number of hydrogen-bond acceptors (Lipinski definition) is 5. The van der Waals surface area contributed by atoms with Crippen LogP contribution in [0.3, 0.4) is 0 Å². The fourth-order valence-corrected chi connectivity index (χ4v) is 2.55. The number of pyridine rings is 1. The van der Waals surface area contributed by atoms with Crippen LogP contribution >= 0.6 is 0 Å². The van der Waals surface area contributed by atoms with Crippen molar-refractivity contribution in [2.24, 2.45) is 0 Å². The Kier molecular flexibility index (Phi) is 4.51. The molecule has 1 fully saturated rings. The molecule has 1 aromatic heterocycles. The SMILES string of the molecule is CC(=O)NC[C@H]1CN(c2ccc(-c3ccc(O)nc3)c(F)c2)C(=O)O1. The normalized spacial score (nSPS) is 16.6. The molecule has 8 heteroatoms. The van der Waals surface area contributed by atoms with Crippen molar-refractivity contribution in [2.75, 3.05) is 18.0 Å². The van der Waals surface area contributed by atoms with Crippen LogP contribution in [0.1, 0.15) is 6.92 Å². The van der Waals surface area contributed by atoms with E-state index in [1.54, 1.807) is 12.1 Å². The number of benzene rings is 1. The molecule has 1 aromatic carbocycles. The van der Waals surface area contributed by atoms with Gasteiger partial charge in [-0.2, -0.15) is 0 Å². The van der Waals surface area contributed by atoms with E-state index in [0.717, 1.165) is 0 Å². The summed E-state index contributed by atoms with van der Waals surface area (Å²) in [5.41, 5.74) is 1.18. The van der Waals surface area contributed by atoms with Crippen LogP contribution in [0.2, 0.25) is 0 Å². The van der Waals surface area contributed by atoms with Crippen LogP contribution in [0.4, 0.5) is 14.9 Å². The lowest BCUT2D eigenvalue weighted by atomic mass is 10.1. The van der Waals surface area contributed by atoms with Crippen LogP contribution in [0.25, 0.3) is 11.1 Å². The summed E-state index contributed by atoms with van der Waals surface area (Å²) in [5.74, 6) is -0.888.